The van der Waals surface area contributed by atoms with E-state index in [9.17, 15) is 4.79 Å². The Labute approximate surface area is 232 Å². The number of para-hydroxylation sites is 1. The molecule has 2 heterocycles. The van der Waals surface area contributed by atoms with Gasteiger partial charge in [-0.15, -0.1) is 0 Å². The van der Waals surface area contributed by atoms with Gasteiger partial charge in [-0.05, 0) is 36.3 Å². The summed E-state index contributed by atoms with van der Waals surface area (Å²) in [6.07, 6.45) is 3.35. The van der Waals surface area contributed by atoms with Crippen molar-refractivity contribution < 1.29 is 14.3 Å². The van der Waals surface area contributed by atoms with Crippen molar-refractivity contribution in [2.75, 3.05) is 38.5 Å². The predicted octanol–water partition coefficient (Wildman–Crippen LogP) is 7.04. The molecule has 0 fully saturated rings. The maximum atomic E-state index is 12.1. The Morgan fingerprint density at radius 1 is 1.11 bits per heavy atom. The number of allylic oxidation sites excluding steroid dienone is 1. The number of carbonyl (C=O) groups excluding carboxylic acids is 1. The summed E-state index contributed by atoms with van der Waals surface area (Å²) < 4.78 is 10.9. The Kier molecular flexibility index (Phi) is 8.09. The molecule has 0 bridgehead atoms. The number of nitrogens with zero attached hydrogens (tertiary/aromatic N) is 3. The number of fused-ring (bicyclic) bond motifs is 1. The van der Waals surface area contributed by atoms with Crippen molar-refractivity contribution in [2.45, 2.75) is 13.3 Å². The van der Waals surface area contributed by atoms with Crippen molar-refractivity contribution in [1.82, 2.24) is 9.97 Å². The maximum Gasteiger partial charge on any atom is 0.159 e. The van der Waals surface area contributed by atoms with Crippen molar-refractivity contribution in [1.29, 1.82) is 0 Å². The van der Waals surface area contributed by atoms with E-state index in [0.29, 0.717) is 44.4 Å². The van der Waals surface area contributed by atoms with Crippen molar-refractivity contribution in [3.8, 4) is 22.8 Å². The first-order valence-corrected chi connectivity index (χ1v) is 12.5. The van der Waals surface area contributed by atoms with E-state index in [1.165, 1.54) is 20.3 Å². The lowest BCUT2D eigenvalue weighted by Crippen LogP contribution is -2.12. The lowest BCUT2D eigenvalue weighted by molar-refractivity contribution is -0.114. The topological polar surface area (TPSA) is 76.6 Å². The molecule has 2 aromatic carbocycles. The number of pyridine rings is 2. The smallest absolute Gasteiger partial charge is 0.159 e. The van der Waals surface area contributed by atoms with Crippen LogP contribution in [-0.4, -0.2) is 44.1 Å². The number of hydrogen-bond acceptors (Lipinski definition) is 7. The molecular formula is C29H28Cl2N4O3. The normalized spacial score (nSPS) is 10.8. The van der Waals surface area contributed by atoms with E-state index in [4.69, 9.17) is 37.7 Å². The molecule has 196 valence electrons. The molecule has 9 heteroatoms. The standard InChI is InChI=1S/C29H28Cl2N4O3/c1-7-19(36)11-17-10-8-9-16(2)28(17)34-24-13-20-18(15-32-24)12-21(33-29(20)35(3)4)25-26(30)22(37-5)14-23(38-6)27(25)31/h7-10,12-15H,1,11H2,2-6H3,(H,32,34). The van der Waals surface area contributed by atoms with Crippen LogP contribution in [0.4, 0.5) is 17.3 Å². The maximum absolute atomic E-state index is 12.1. The predicted molar refractivity (Wildman–Crippen MR) is 156 cm³/mol. The fourth-order valence-electron chi connectivity index (χ4n) is 4.22. The third kappa shape index (κ3) is 5.26. The van der Waals surface area contributed by atoms with E-state index < -0.39 is 0 Å². The highest BCUT2D eigenvalue weighted by atomic mass is 35.5. The molecule has 0 aliphatic rings. The van der Waals surface area contributed by atoms with Crippen LogP contribution in [0.15, 0.2) is 55.3 Å². The Morgan fingerprint density at radius 3 is 2.39 bits per heavy atom. The van der Waals surface area contributed by atoms with Crippen molar-refractivity contribution >= 4 is 57.1 Å². The summed E-state index contributed by atoms with van der Waals surface area (Å²) in [5, 5.41) is 5.78. The van der Waals surface area contributed by atoms with Crippen LogP contribution in [0.1, 0.15) is 11.1 Å². The van der Waals surface area contributed by atoms with E-state index >= 15 is 0 Å². The van der Waals surface area contributed by atoms with E-state index in [-0.39, 0.29) is 12.2 Å². The average Bonchev–Trinajstić information content (AvgIpc) is 2.90. The van der Waals surface area contributed by atoms with Gasteiger partial charge in [0.05, 0.1) is 30.0 Å². The summed E-state index contributed by atoms with van der Waals surface area (Å²) in [4.78, 5) is 23.5. The van der Waals surface area contributed by atoms with Gasteiger partial charge in [-0.25, -0.2) is 9.97 Å². The fourth-order valence-corrected chi connectivity index (χ4v) is 4.91. The summed E-state index contributed by atoms with van der Waals surface area (Å²) in [5.41, 5.74) is 3.77. The molecule has 0 saturated heterocycles. The molecule has 0 aliphatic heterocycles. The third-order valence-electron chi connectivity index (χ3n) is 6.15. The van der Waals surface area contributed by atoms with Gasteiger partial charge in [0, 0.05) is 54.8 Å². The molecule has 0 aliphatic carbocycles. The molecule has 0 amide bonds. The molecule has 1 N–H and O–H groups in total. The quantitative estimate of drug-likeness (QED) is 0.224. The summed E-state index contributed by atoms with van der Waals surface area (Å²) in [5.74, 6) is 2.12. The highest BCUT2D eigenvalue weighted by molar-refractivity contribution is 6.41. The van der Waals surface area contributed by atoms with Gasteiger partial charge in [0.2, 0.25) is 0 Å². The number of hydrogen-bond donors (Lipinski definition) is 1. The molecule has 4 rings (SSSR count). The SMILES string of the molecule is C=CC(=O)Cc1cccc(C)c1Nc1cc2c(N(C)C)nc(-c3c(Cl)c(OC)cc(OC)c3Cl)cc2cn1. The number of aryl methyl sites for hydroxylation is 1. The van der Waals surface area contributed by atoms with E-state index in [0.717, 1.165) is 27.6 Å². The van der Waals surface area contributed by atoms with Gasteiger partial charge in [-0.2, -0.15) is 0 Å². The molecule has 0 radical (unpaired) electrons. The van der Waals surface area contributed by atoms with E-state index in [1.54, 1.807) is 12.3 Å². The molecule has 0 saturated carbocycles. The fraction of sp³-hybridized carbons (Fsp3) is 0.207. The zero-order valence-electron chi connectivity index (χ0n) is 21.9. The van der Waals surface area contributed by atoms with Gasteiger partial charge in [-0.3, -0.25) is 4.79 Å². The molecule has 2 aromatic heterocycles. The molecule has 0 atom stereocenters. The number of methoxy groups -OCH3 is 2. The number of ether oxygens (including phenoxy) is 2. The number of carbonyl (C=O) groups is 1. The Hall–Kier alpha value is -3.81. The highest BCUT2D eigenvalue weighted by Gasteiger charge is 2.22. The Bertz CT molecular complexity index is 1530. The lowest BCUT2D eigenvalue weighted by Gasteiger charge is -2.19. The zero-order valence-corrected chi connectivity index (χ0v) is 23.4. The second kappa shape index (κ2) is 11.3. The number of ketones is 1. The van der Waals surface area contributed by atoms with Crippen LogP contribution in [-0.2, 0) is 11.2 Å². The summed E-state index contributed by atoms with van der Waals surface area (Å²) in [7, 11) is 6.88. The monoisotopic (exact) mass is 550 g/mol. The summed E-state index contributed by atoms with van der Waals surface area (Å²) in [6.45, 7) is 5.57. The number of rotatable bonds is 9. The van der Waals surface area contributed by atoms with Crippen LogP contribution in [0, 0.1) is 6.92 Å². The Balaban J connectivity index is 1.85. The minimum atomic E-state index is -0.0526. The number of aromatic nitrogens is 2. The van der Waals surface area contributed by atoms with Gasteiger partial charge in [-0.1, -0.05) is 48.0 Å². The van der Waals surface area contributed by atoms with Gasteiger partial charge in [0.1, 0.15) is 23.1 Å². The second-order valence-electron chi connectivity index (χ2n) is 8.88. The first-order chi connectivity index (χ1) is 18.2. The zero-order chi connectivity index (χ0) is 27.6. The summed E-state index contributed by atoms with van der Waals surface area (Å²) in [6, 6.07) is 11.3. The van der Waals surface area contributed by atoms with Crippen LogP contribution in [0.5, 0.6) is 11.5 Å². The average molecular weight is 551 g/mol. The number of nitrogens with one attached hydrogen (secondary N) is 1. The van der Waals surface area contributed by atoms with Gasteiger partial charge in [0.15, 0.2) is 5.78 Å². The van der Waals surface area contributed by atoms with Crippen LogP contribution < -0.4 is 19.7 Å². The second-order valence-corrected chi connectivity index (χ2v) is 9.64. The van der Waals surface area contributed by atoms with E-state index in [2.05, 4.69) is 16.9 Å². The van der Waals surface area contributed by atoms with Crippen molar-refractivity contribution in [3.05, 3.63) is 76.4 Å². The minimum Gasteiger partial charge on any atom is -0.495 e. The molecular weight excluding hydrogens is 523 g/mol. The van der Waals surface area contributed by atoms with Gasteiger partial charge < -0.3 is 19.7 Å². The molecule has 0 spiro atoms. The van der Waals surface area contributed by atoms with Crippen LogP contribution in [0.2, 0.25) is 10.0 Å². The van der Waals surface area contributed by atoms with Crippen LogP contribution in [0.3, 0.4) is 0 Å². The lowest BCUT2D eigenvalue weighted by atomic mass is 10.0. The largest absolute Gasteiger partial charge is 0.495 e. The van der Waals surface area contributed by atoms with Crippen LogP contribution >= 0.6 is 23.2 Å². The summed E-state index contributed by atoms with van der Waals surface area (Å²) >= 11 is 13.4. The molecule has 38 heavy (non-hydrogen) atoms. The first-order valence-electron chi connectivity index (χ1n) is 11.8. The van der Waals surface area contributed by atoms with Crippen molar-refractivity contribution in [3.63, 3.8) is 0 Å². The van der Waals surface area contributed by atoms with Crippen LogP contribution in [0.25, 0.3) is 22.0 Å². The number of halogens is 2. The highest BCUT2D eigenvalue weighted by Crippen LogP contribution is 2.46. The van der Waals surface area contributed by atoms with Gasteiger partial charge >= 0.3 is 0 Å². The van der Waals surface area contributed by atoms with Crippen molar-refractivity contribution in [2.24, 2.45) is 0 Å². The first kappa shape index (κ1) is 27.2. The molecule has 4 aromatic rings. The molecule has 7 nitrogen and oxygen atoms in total. The van der Waals surface area contributed by atoms with Gasteiger partial charge in [0.25, 0.3) is 0 Å². The third-order valence-corrected chi connectivity index (χ3v) is 6.90. The molecule has 0 unspecified atom stereocenters. The Morgan fingerprint density at radius 2 is 1.79 bits per heavy atom. The minimum absolute atomic E-state index is 0.0526. The number of anilines is 3. The number of benzene rings is 2. The van der Waals surface area contributed by atoms with E-state index in [1.807, 2.05) is 56.3 Å².